The van der Waals surface area contributed by atoms with Crippen LogP contribution in [0.5, 0.6) is 0 Å². The normalized spacial score (nSPS) is 11.6. The van der Waals surface area contributed by atoms with Crippen LogP contribution in [0.4, 0.5) is 0 Å². The molecule has 0 saturated carbocycles. The van der Waals surface area contributed by atoms with E-state index in [-0.39, 0.29) is 5.91 Å². The largest absolute Gasteiger partial charge is 0.455 e. The molecule has 0 saturated heterocycles. The molecule has 4 nitrogen and oxygen atoms in total. The van der Waals surface area contributed by atoms with Gasteiger partial charge in [-0.15, -0.1) is 0 Å². The Kier molecular flexibility index (Phi) is 7.10. The number of rotatable bonds is 6. The van der Waals surface area contributed by atoms with Crippen LogP contribution in [0.3, 0.4) is 0 Å². The minimum atomic E-state index is -0.203. The molecule has 1 heterocycles. The molecule has 5 heteroatoms. The lowest BCUT2D eigenvalue weighted by Crippen LogP contribution is -2.27. The summed E-state index contributed by atoms with van der Waals surface area (Å²) in [6, 6.07) is 21.2. The SMILES string of the molecule is Cc1ccc(/C=C(\C#N)c2ccc(-c3oc4ccc(Cl)cc4c3C(=O)NCC(C)C)cc2)cc1C. The van der Waals surface area contributed by atoms with Gasteiger partial charge in [0.25, 0.3) is 5.91 Å². The molecular weight excluding hydrogens is 456 g/mol. The van der Waals surface area contributed by atoms with Gasteiger partial charge in [-0.3, -0.25) is 4.79 Å². The van der Waals surface area contributed by atoms with Crippen LogP contribution in [0.2, 0.25) is 5.02 Å². The Labute approximate surface area is 210 Å². The predicted octanol–water partition coefficient (Wildman–Crippen LogP) is 7.82. The Hall–Kier alpha value is -3.81. The number of hydrogen-bond donors (Lipinski definition) is 1. The number of nitrogens with zero attached hydrogens (tertiary/aromatic N) is 1. The minimum absolute atomic E-state index is 0.203. The van der Waals surface area contributed by atoms with E-state index in [0.29, 0.717) is 45.4 Å². The van der Waals surface area contributed by atoms with E-state index in [0.717, 1.165) is 16.7 Å². The Morgan fingerprint density at radius 3 is 2.46 bits per heavy atom. The number of allylic oxidation sites excluding steroid dienone is 1. The number of carbonyl (C=O) groups excluding carboxylic acids is 1. The number of nitriles is 1. The van der Waals surface area contributed by atoms with Crippen molar-refractivity contribution in [1.29, 1.82) is 5.26 Å². The summed E-state index contributed by atoms with van der Waals surface area (Å²) in [5.74, 6) is 0.592. The zero-order chi connectivity index (χ0) is 25.1. The lowest BCUT2D eigenvalue weighted by molar-refractivity contribution is 0.0950. The summed E-state index contributed by atoms with van der Waals surface area (Å²) < 4.78 is 6.12. The predicted molar refractivity (Wildman–Crippen MR) is 143 cm³/mol. The summed E-state index contributed by atoms with van der Waals surface area (Å²) in [6.07, 6.45) is 1.88. The first-order valence-corrected chi connectivity index (χ1v) is 11.9. The molecule has 35 heavy (non-hydrogen) atoms. The fourth-order valence-corrected chi connectivity index (χ4v) is 4.06. The molecule has 0 spiro atoms. The van der Waals surface area contributed by atoms with Crippen molar-refractivity contribution in [2.24, 2.45) is 5.92 Å². The number of hydrogen-bond acceptors (Lipinski definition) is 3. The highest BCUT2D eigenvalue weighted by molar-refractivity contribution is 6.31. The second-order valence-corrected chi connectivity index (χ2v) is 9.58. The van der Waals surface area contributed by atoms with Gasteiger partial charge in [0, 0.05) is 22.5 Å². The van der Waals surface area contributed by atoms with Gasteiger partial charge >= 0.3 is 0 Å². The fourth-order valence-electron chi connectivity index (χ4n) is 3.89. The highest BCUT2D eigenvalue weighted by Crippen LogP contribution is 2.35. The maximum absolute atomic E-state index is 13.1. The van der Waals surface area contributed by atoms with Crippen molar-refractivity contribution in [3.8, 4) is 17.4 Å². The molecule has 176 valence electrons. The third-order valence-electron chi connectivity index (χ3n) is 5.97. The van der Waals surface area contributed by atoms with E-state index >= 15 is 0 Å². The van der Waals surface area contributed by atoms with E-state index in [1.54, 1.807) is 18.2 Å². The summed E-state index contributed by atoms with van der Waals surface area (Å²) in [6.45, 7) is 8.77. The lowest BCUT2D eigenvalue weighted by Gasteiger charge is -2.09. The molecule has 0 aliphatic carbocycles. The van der Waals surface area contributed by atoms with E-state index in [1.165, 1.54) is 11.1 Å². The summed E-state index contributed by atoms with van der Waals surface area (Å²) in [4.78, 5) is 13.1. The average molecular weight is 483 g/mol. The first-order valence-electron chi connectivity index (χ1n) is 11.6. The lowest BCUT2D eigenvalue weighted by atomic mass is 9.98. The van der Waals surface area contributed by atoms with Gasteiger partial charge in [-0.05, 0) is 66.3 Å². The first-order chi connectivity index (χ1) is 16.8. The number of benzene rings is 3. The Morgan fingerprint density at radius 1 is 1.06 bits per heavy atom. The molecule has 1 aromatic heterocycles. The molecule has 1 amide bonds. The van der Waals surface area contributed by atoms with E-state index < -0.39 is 0 Å². The molecular formula is C30H27ClN2O2. The summed E-state index contributed by atoms with van der Waals surface area (Å²) in [5.41, 5.74) is 6.53. The topological polar surface area (TPSA) is 66.0 Å². The molecule has 0 radical (unpaired) electrons. The standard InChI is InChI=1S/C30H27ClN2O2/c1-18(2)17-33-30(34)28-26-15-25(31)11-12-27(26)35-29(28)23-9-7-22(8-10-23)24(16-32)14-21-6-5-19(3)20(4)13-21/h5-15,18H,17H2,1-4H3,(H,33,34)/b24-14+. The second kappa shape index (κ2) is 10.2. The zero-order valence-electron chi connectivity index (χ0n) is 20.3. The van der Waals surface area contributed by atoms with Crippen LogP contribution >= 0.6 is 11.6 Å². The van der Waals surface area contributed by atoms with Gasteiger partial charge in [-0.25, -0.2) is 0 Å². The summed E-state index contributed by atoms with van der Waals surface area (Å²) in [5, 5.41) is 14.0. The number of furan rings is 1. The van der Waals surface area contributed by atoms with Gasteiger partial charge in [0.1, 0.15) is 11.3 Å². The zero-order valence-corrected chi connectivity index (χ0v) is 21.0. The second-order valence-electron chi connectivity index (χ2n) is 9.14. The maximum Gasteiger partial charge on any atom is 0.255 e. The molecule has 3 aromatic carbocycles. The van der Waals surface area contributed by atoms with E-state index in [1.807, 2.05) is 50.3 Å². The number of nitrogens with one attached hydrogen (secondary N) is 1. The molecule has 0 aliphatic rings. The van der Waals surface area contributed by atoms with Gasteiger partial charge in [-0.2, -0.15) is 5.26 Å². The van der Waals surface area contributed by atoms with Crippen LogP contribution in [-0.2, 0) is 0 Å². The van der Waals surface area contributed by atoms with Crippen LogP contribution in [0.15, 0.2) is 65.1 Å². The monoisotopic (exact) mass is 482 g/mol. The van der Waals surface area contributed by atoms with Crippen LogP contribution < -0.4 is 5.32 Å². The number of halogens is 1. The van der Waals surface area contributed by atoms with Crippen LogP contribution in [0.1, 0.15) is 46.5 Å². The minimum Gasteiger partial charge on any atom is -0.455 e. The smallest absolute Gasteiger partial charge is 0.255 e. The van der Waals surface area contributed by atoms with Crippen molar-refractivity contribution in [1.82, 2.24) is 5.32 Å². The highest BCUT2D eigenvalue weighted by Gasteiger charge is 2.22. The maximum atomic E-state index is 13.1. The van der Waals surface area contributed by atoms with Crippen molar-refractivity contribution in [2.45, 2.75) is 27.7 Å². The van der Waals surface area contributed by atoms with E-state index in [9.17, 15) is 10.1 Å². The molecule has 0 unspecified atom stereocenters. The van der Waals surface area contributed by atoms with Crippen LogP contribution in [0.25, 0.3) is 33.9 Å². The molecule has 4 aromatic rings. The van der Waals surface area contributed by atoms with Gasteiger partial charge in [-0.1, -0.05) is 67.9 Å². The van der Waals surface area contributed by atoms with Crippen molar-refractivity contribution >= 4 is 40.1 Å². The molecule has 4 rings (SSSR count). The molecule has 0 aliphatic heterocycles. The molecule has 0 fully saturated rings. The average Bonchev–Trinajstić information content (AvgIpc) is 3.22. The number of aryl methyl sites for hydroxylation is 2. The molecule has 0 bridgehead atoms. The van der Waals surface area contributed by atoms with Gasteiger partial charge in [0.15, 0.2) is 0 Å². The van der Waals surface area contributed by atoms with Crippen molar-refractivity contribution in [2.75, 3.05) is 6.54 Å². The third-order valence-corrected chi connectivity index (χ3v) is 6.20. The van der Waals surface area contributed by atoms with Gasteiger partial charge in [0.2, 0.25) is 0 Å². The Balaban J connectivity index is 1.73. The third kappa shape index (κ3) is 5.31. The number of carbonyl (C=O) groups is 1. The Bertz CT molecular complexity index is 1470. The van der Waals surface area contributed by atoms with Crippen molar-refractivity contribution in [3.63, 3.8) is 0 Å². The number of fused-ring (bicyclic) bond motifs is 1. The van der Waals surface area contributed by atoms with Crippen LogP contribution in [0, 0.1) is 31.1 Å². The summed E-state index contributed by atoms with van der Waals surface area (Å²) in [7, 11) is 0. The van der Waals surface area contributed by atoms with Gasteiger partial charge < -0.3 is 9.73 Å². The summed E-state index contributed by atoms with van der Waals surface area (Å²) >= 11 is 6.22. The highest BCUT2D eigenvalue weighted by atomic mass is 35.5. The molecule has 1 N–H and O–H groups in total. The van der Waals surface area contributed by atoms with Crippen LogP contribution in [-0.4, -0.2) is 12.5 Å². The molecule has 0 atom stereocenters. The van der Waals surface area contributed by atoms with E-state index in [4.69, 9.17) is 16.0 Å². The quantitative estimate of drug-likeness (QED) is 0.225. The van der Waals surface area contributed by atoms with Crippen molar-refractivity contribution in [3.05, 3.63) is 93.5 Å². The van der Waals surface area contributed by atoms with Gasteiger partial charge in [0.05, 0.1) is 17.2 Å². The Morgan fingerprint density at radius 2 is 1.80 bits per heavy atom. The van der Waals surface area contributed by atoms with Crippen molar-refractivity contribution < 1.29 is 9.21 Å². The fraction of sp³-hybridized carbons (Fsp3) is 0.200. The van der Waals surface area contributed by atoms with E-state index in [2.05, 4.69) is 37.4 Å². The number of amides is 1. The first kappa shape index (κ1) is 24.3.